The lowest BCUT2D eigenvalue weighted by Crippen LogP contribution is -2.34. The third kappa shape index (κ3) is 5.23. The molecule has 0 unspecified atom stereocenters. The van der Waals surface area contributed by atoms with E-state index in [2.05, 4.69) is 5.32 Å². The fourth-order valence-electron chi connectivity index (χ4n) is 2.55. The number of esters is 1. The largest absolute Gasteiger partial charge is 0.452 e. The van der Waals surface area contributed by atoms with E-state index >= 15 is 0 Å². The van der Waals surface area contributed by atoms with Crippen molar-refractivity contribution in [2.45, 2.75) is 0 Å². The molecular weight excluding hydrogens is 370 g/mol. The summed E-state index contributed by atoms with van der Waals surface area (Å²) in [6.07, 6.45) is 0. The smallest absolute Gasteiger partial charge is 0.338 e. The summed E-state index contributed by atoms with van der Waals surface area (Å²) in [6, 6.07) is 22.9. The number of amides is 2. The van der Waals surface area contributed by atoms with Crippen LogP contribution in [-0.2, 0) is 9.53 Å². The molecule has 6 nitrogen and oxygen atoms in total. The van der Waals surface area contributed by atoms with Gasteiger partial charge in [0.1, 0.15) is 0 Å². The van der Waals surface area contributed by atoms with Crippen molar-refractivity contribution >= 4 is 23.6 Å². The maximum Gasteiger partial charge on any atom is 0.338 e. The van der Waals surface area contributed by atoms with Crippen molar-refractivity contribution in [3.05, 3.63) is 107 Å². The van der Waals surface area contributed by atoms with Crippen LogP contribution in [0.2, 0.25) is 0 Å². The van der Waals surface area contributed by atoms with Gasteiger partial charge >= 0.3 is 5.97 Å². The lowest BCUT2D eigenvalue weighted by atomic mass is 10.0. The summed E-state index contributed by atoms with van der Waals surface area (Å²) >= 11 is 0. The first-order chi connectivity index (χ1) is 14.0. The van der Waals surface area contributed by atoms with Crippen molar-refractivity contribution in [1.29, 1.82) is 0 Å². The van der Waals surface area contributed by atoms with E-state index in [1.807, 2.05) is 6.07 Å². The summed E-state index contributed by atoms with van der Waals surface area (Å²) in [7, 11) is 0. The molecule has 29 heavy (non-hydrogen) atoms. The maximum atomic E-state index is 12.4. The van der Waals surface area contributed by atoms with Crippen molar-refractivity contribution in [3.8, 4) is 0 Å². The molecule has 3 aromatic rings. The van der Waals surface area contributed by atoms with Gasteiger partial charge in [-0.15, -0.1) is 0 Å². The number of carbonyl (C=O) groups is 4. The fourth-order valence-corrected chi connectivity index (χ4v) is 2.55. The van der Waals surface area contributed by atoms with Gasteiger partial charge in [-0.25, -0.2) is 4.79 Å². The molecule has 3 aromatic carbocycles. The summed E-state index contributed by atoms with van der Waals surface area (Å²) in [5, 5.41) is 2.15. The summed E-state index contributed by atoms with van der Waals surface area (Å²) in [4.78, 5) is 48.1. The van der Waals surface area contributed by atoms with Gasteiger partial charge in [-0.3, -0.25) is 19.7 Å². The molecule has 0 aliphatic carbocycles. The molecule has 0 saturated carbocycles. The van der Waals surface area contributed by atoms with E-state index in [-0.39, 0.29) is 11.3 Å². The first kappa shape index (κ1) is 19.7. The second-order valence-corrected chi connectivity index (χ2v) is 6.09. The number of hydrogen-bond donors (Lipinski definition) is 1. The predicted octanol–water partition coefficient (Wildman–Crippen LogP) is 3.03. The molecule has 2 amide bonds. The molecule has 0 spiro atoms. The molecule has 0 atom stereocenters. The van der Waals surface area contributed by atoms with Crippen LogP contribution in [0.25, 0.3) is 0 Å². The zero-order valence-electron chi connectivity index (χ0n) is 15.3. The number of hydrogen-bond acceptors (Lipinski definition) is 5. The van der Waals surface area contributed by atoms with Crippen molar-refractivity contribution in [1.82, 2.24) is 5.32 Å². The van der Waals surface area contributed by atoms with Crippen molar-refractivity contribution in [2.75, 3.05) is 6.61 Å². The Hall–Kier alpha value is -4.06. The summed E-state index contributed by atoms with van der Waals surface area (Å²) in [5.74, 6) is -2.20. The van der Waals surface area contributed by atoms with Crippen LogP contribution in [0, 0.1) is 0 Å². The molecule has 0 aliphatic heterocycles. The van der Waals surface area contributed by atoms with Gasteiger partial charge in [0.15, 0.2) is 12.4 Å². The monoisotopic (exact) mass is 387 g/mol. The van der Waals surface area contributed by atoms with Gasteiger partial charge < -0.3 is 4.74 Å². The topological polar surface area (TPSA) is 89.5 Å². The second kappa shape index (κ2) is 9.23. The quantitative estimate of drug-likeness (QED) is 0.519. The van der Waals surface area contributed by atoms with Crippen molar-refractivity contribution in [3.63, 3.8) is 0 Å². The van der Waals surface area contributed by atoms with Gasteiger partial charge in [-0.05, 0) is 24.3 Å². The molecule has 0 saturated heterocycles. The van der Waals surface area contributed by atoms with E-state index in [0.717, 1.165) is 0 Å². The molecule has 144 valence electrons. The molecular formula is C23H17NO5. The Bertz CT molecular complexity index is 1030. The summed E-state index contributed by atoms with van der Waals surface area (Å²) in [6.45, 7) is -0.595. The van der Waals surface area contributed by atoms with Crippen LogP contribution < -0.4 is 5.32 Å². The summed E-state index contributed by atoms with van der Waals surface area (Å²) < 4.78 is 4.92. The van der Waals surface area contributed by atoms with Crippen LogP contribution >= 0.6 is 0 Å². The zero-order valence-corrected chi connectivity index (χ0v) is 15.3. The van der Waals surface area contributed by atoms with Crippen LogP contribution in [0.15, 0.2) is 84.9 Å². The zero-order chi connectivity index (χ0) is 20.6. The number of nitrogens with one attached hydrogen (secondary N) is 1. The number of benzene rings is 3. The maximum absolute atomic E-state index is 12.4. The third-order valence-corrected chi connectivity index (χ3v) is 4.04. The van der Waals surface area contributed by atoms with E-state index in [1.165, 1.54) is 24.3 Å². The average molecular weight is 387 g/mol. The SMILES string of the molecule is O=C(COC(=O)c1ccc(C(=O)c2ccccc2)cc1)NC(=O)c1ccccc1. The second-order valence-electron chi connectivity index (χ2n) is 6.09. The van der Waals surface area contributed by atoms with Gasteiger partial charge in [0.2, 0.25) is 0 Å². The van der Waals surface area contributed by atoms with Crippen LogP contribution in [0.4, 0.5) is 0 Å². The van der Waals surface area contributed by atoms with Crippen LogP contribution in [0.3, 0.4) is 0 Å². The predicted molar refractivity (Wildman–Crippen MR) is 106 cm³/mol. The van der Waals surface area contributed by atoms with Crippen LogP contribution in [-0.4, -0.2) is 30.2 Å². The molecule has 0 fully saturated rings. The minimum absolute atomic E-state index is 0.163. The fraction of sp³-hybridized carbons (Fsp3) is 0.0435. The lowest BCUT2D eigenvalue weighted by molar-refractivity contribution is -0.123. The molecule has 1 N–H and O–H groups in total. The van der Waals surface area contributed by atoms with Gasteiger partial charge in [0.05, 0.1) is 5.56 Å². The number of imide groups is 1. The first-order valence-electron chi connectivity index (χ1n) is 8.81. The lowest BCUT2D eigenvalue weighted by Gasteiger charge is -2.07. The Balaban J connectivity index is 1.53. The number of ketones is 1. The minimum Gasteiger partial charge on any atom is -0.452 e. The molecule has 3 rings (SSSR count). The standard InChI is InChI=1S/C23H17NO5/c25-20(24-22(27)18-9-5-2-6-10-18)15-29-23(28)19-13-11-17(12-14-19)21(26)16-7-3-1-4-8-16/h1-14H,15H2,(H,24,25,27). The summed E-state index contributed by atoms with van der Waals surface area (Å²) in [5.41, 5.74) is 1.49. The number of rotatable bonds is 6. The van der Waals surface area contributed by atoms with Gasteiger partial charge in [-0.1, -0.05) is 60.7 Å². The average Bonchev–Trinajstić information content (AvgIpc) is 2.78. The number of ether oxygens (including phenoxy) is 1. The Kier molecular flexibility index (Phi) is 6.27. The molecule has 0 aromatic heterocycles. The highest BCUT2D eigenvalue weighted by Crippen LogP contribution is 2.12. The Morgan fingerprint density at radius 2 is 1.10 bits per heavy atom. The van der Waals surface area contributed by atoms with Crippen LogP contribution in [0.5, 0.6) is 0 Å². The van der Waals surface area contributed by atoms with Gasteiger partial charge in [0.25, 0.3) is 11.8 Å². The number of carbonyl (C=O) groups excluding carboxylic acids is 4. The Morgan fingerprint density at radius 1 is 0.621 bits per heavy atom. The van der Waals surface area contributed by atoms with Gasteiger partial charge in [-0.2, -0.15) is 0 Å². The van der Waals surface area contributed by atoms with E-state index in [0.29, 0.717) is 16.7 Å². The van der Waals surface area contributed by atoms with Crippen LogP contribution in [0.1, 0.15) is 36.6 Å². The Morgan fingerprint density at radius 3 is 1.69 bits per heavy atom. The third-order valence-electron chi connectivity index (χ3n) is 4.04. The molecule has 0 bridgehead atoms. The molecule has 0 aliphatic rings. The van der Waals surface area contributed by atoms with E-state index in [9.17, 15) is 19.2 Å². The van der Waals surface area contributed by atoms with E-state index < -0.39 is 24.4 Å². The normalized spacial score (nSPS) is 10.1. The molecule has 0 heterocycles. The van der Waals surface area contributed by atoms with Crippen molar-refractivity contribution in [2.24, 2.45) is 0 Å². The Labute approximate surface area is 167 Å². The highest BCUT2D eigenvalue weighted by Gasteiger charge is 2.15. The minimum atomic E-state index is -0.733. The molecule has 6 heteroatoms. The first-order valence-corrected chi connectivity index (χ1v) is 8.81. The van der Waals surface area contributed by atoms with Crippen molar-refractivity contribution < 1.29 is 23.9 Å². The molecule has 0 radical (unpaired) electrons. The highest BCUT2D eigenvalue weighted by atomic mass is 16.5. The highest BCUT2D eigenvalue weighted by molar-refractivity contribution is 6.09. The van der Waals surface area contributed by atoms with Gasteiger partial charge in [0, 0.05) is 16.7 Å². The van der Waals surface area contributed by atoms with E-state index in [1.54, 1.807) is 54.6 Å². The van der Waals surface area contributed by atoms with E-state index in [4.69, 9.17) is 4.74 Å².